The van der Waals surface area contributed by atoms with E-state index in [0.717, 1.165) is 6.54 Å². The lowest BCUT2D eigenvalue weighted by atomic mass is 10.1. The van der Waals surface area contributed by atoms with Crippen LogP contribution in [0.3, 0.4) is 0 Å². The molecule has 0 spiro atoms. The van der Waals surface area contributed by atoms with Crippen molar-refractivity contribution < 1.29 is 9.13 Å². The summed E-state index contributed by atoms with van der Waals surface area (Å²) in [5.74, 6) is -0.214. The third-order valence-corrected chi connectivity index (χ3v) is 2.73. The number of ether oxygens (including phenoxy) is 1. The van der Waals surface area contributed by atoms with Crippen molar-refractivity contribution in [1.29, 1.82) is 0 Å². The standard InChI is InChI=1S/C13H19ClFNO/c1-3-16-12(9-17-4-2)8-10-7-11(14)5-6-13(10)15/h5-7,12,16H,3-4,8-9H2,1-2H3. The molecular formula is C13H19ClFNO. The van der Waals surface area contributed by atoms with Crippen LogP contribution < -0.4 is 5.32 Å². The summed E-state index contributed by atoms with van der Waals surface area (Å²) in [5.41, 5.74) is 0.628. The summed E-state index contributed by atoms with van der Waals surface area (Å²) in [7, 11) is 0. The number of likely N-dealkylation sites (N-methyl/N-ethyl adjacent to an activating group) is 1. The Morgan fingerprint density at radius 1 is 1.41 bits per heavy atom. The van der Waals surface area contributed by atoms with Gasteiger partial charge in [0.25, 0.3) is 0 Å². The van der Waals surface area contributed by atoms with Crippen LogP contribution in [0.1, 0.15) is 19.4 Å². The lowest BCUT2D eigenvalue weighted by molar-refractivity contribution is 0.123. The summed E-state index contributed by atoms with van der Waals surface area (Å²) in [4.78, 5) is 0. The maximum Gasteiger partial charge on any atom is 0.126 e. The molecule has 0 amide bonds. The molecule has 0 bridgehead atoms. The van der Waals surface area contributed by atoms with Crippen LogP contribution in [0.25, 0.3) is 0 Å². The molecule has 1 atom stereocenters. The molecule has 0 saturated carbocycles. The van der Waals surface area contributed by atoms with Crippen LogP contribution in [-0.4, -0.2) is 25.8 Å². The van der Waals surface area contributed by atoms with Gasteiger partial charge in [0.15, 0.2) is 0 Å². The molecule has 0 aliphatic heterocycles. The molecule has 0 heterocycles. The first-order chi connectivity index (χ1) is 8.17. The van der Waals surface area contributed by atoms with E-state index in [2.05, 4.69) is 5.32 Å². The van der Waals surface area contributed by atoms with E-state index in [1.54, 1.807) is 12.1 Å². The second-order valence-corrected chi connectivity index (χ2v) is 4.29. The minimum absolute atomic E-state index is 0.118. The Morgan fingerprint density at radius 3 is 2.82 bits per heavy atom. The van der Waals surface area contributed by atoms with E-state index in [-0.39, 0.29) is 11.9 Å². The van der Waals surface area contributed by atoms with Crippen molar-refractivity contribution in [1.82, 2.24) is 5.32 Å². The molecule has 1 unspecified atom stereocenters. The zero-order valence-electron chi connectivity index (χ0n) is 10.3. The molecule has 1 aromatic carbocycles. The Labute approximate surface area is 107 Å². The maximum atomic E-state index is 13.6. The number of hydrogen-bond acceptors (Lipinski definition) is 2. The van der Waals surface area contributed by atoms with E-state index in [1.165, 1.54) is 6.07 Å². The van der Waals surface area contributed by atoms with Crippen LogP contribution in [0.5, 0.6) is 0 Å². The van der Waals surface area contributed by atoms with Crippen LogP contribution in [0, 0.1) is 5.82 Å². The summed E-state index contributed by atoms with van der Waals surface area (Å²) in [6.45, 7) is 6.05. The fourth-order valence-electron chi connectivity index (χ4n) is 1.70. The largest absolute Gasteiger partial charge is 0.380 e. The van der Waals surface area contributed by atoms with Crippen molar-refractivity contribution in [2.75, 3.05) is 19.8 Å². The highest BCUT2D eigenvalue weighted by molar-refractivity contribution is 6.30. The summed E-state index contributed by atoms with van der Waals surface area (Å²) < 4.78 is 18.9. The predicted molar refractivity (Wildman–Crippen MR) is 69.1 cm³/mol. The fourth-order valence-corrected chi connectivity index (χ4v) is 1.90. The molecule has 0 radical (unpaired) electrons. The van der Waals surface area contributed by atoms with E-state index in [0.29, 0.717) is 30.2 Å². The Morgan fingerprint density at radius 2 is 2.18 bits per heavy atom. The fraction of sp³-hybridized carbons (Fsp3) is 0.538. The van der Waals surface area contributed by atoms with Crippen LogP contribution in [0.2, 0.25) is 5.02 Å². The number of halogens is 2. The number of rotatable bonds is 7. The lowest BCUT2D eigenvalue weighted by Gasteiger charge is -2.18. The van der Waals surface area contributed by atoms with Crippen molar-refractivity contribution >= 4 is 11.6 Å². The molecule has 1 N–H and O–H groups in total. The molecule has 1 aromatic rings. The lowest BCUT2D eigenvalue weighted by Crippen LogP contribution is -2.35. The summed E-state index contributed by atoms with van der Waals surface area (Å²) in [6.07, 6.45) is 0.584. The average Bonchev–Trinajstić information content (AvgIpc) is 2.31. The van der Waals surface area contributed by atoms with Crippen molar-refractivity contribution in [3.8, 4) is 0 Å². The van der Waals surface area contributed by atoms with Gasteiger partial charge in [-0.05, 0) is 43.7 Å². The van der Waals surface area contributed by atoms with Gasteiger partial charge in [-0.15, -0.1) is 0 Å². The van der Waals surface area contributed by atoms with Crippen molar-refractivity contribution in [2.24, 2.45) is 0 Å². The van der Waals surface area contributed by atoms with Gasteiger partial charge >= 0.3 is 0 Å². The third kappa shape index (κ3) is 5.02. The second kappa shape index (κ2) is 7.64. The molecular weight excluding hydrogens is 241 g/mol. The Bertz CT molecular complexity index is 346. The molecule has 17 heavy (non-hydrogen) atoms. The van der Waals surface area contributed by atoms with E-state index < -0.39 is 0 Å². The zero-order valence-corrected chi connectivity index (χ0v) is 11.1. The Kier molecular flexibility index (Phi) is 6.48. The Hall–Kier alpha value is -0.640. The smallest absolute Gasteiger partial charge is 0.126 e. The van der Waals surface area contributed by atoms with Crippen molar-refractivity contribution in [3.63, 3.8) is 0 Å². The summed E-state index contributed by atoms with van der Waals surface area (Å²) in [5, 5.41) is 3.84. The topological polar surface area (TPSA) is 21.3 Å². The van der Waals surface area contributed by atoms with E-state index >= 15 is 0 Å². The molecule has 96 valence electrons. The third-order valence-electron chi connectivity index (χ3n) is 2.49. The van der Waals surface area contributed by atoms with Gasteiger partial charge in [0.1, 0.15) is 5.82 Å². The molecule has 0 aromatic heterocycles. The number of nitrogens with one attached hydrogen (secondary N) is 1. The number of hydrogen-bond donors (Lipinski definition) is 1. The van der Waals surface area contributed by atoms with Crippen molar-refractivity contribution in [2.45, 2.75) is 26.3 Å². The maximum absolute atomic E-state index is 13.6. The summed E-state index contributed by atoms with van der Waals surface area (Å²) >= 11 is 5.86. The van der Waals surface area contributed by atoms with Gasteiger partial charge in [-0.25, -0.2) is 4.39 Å². The highest BCUT2D eigenvalue weighted by Crippen LogP contribution is 2.16. The molecule has 0 aliphatic carbocycles. The molecule has 0 fully saturated rings. The zero-order chi connectivity index (χ0) is 12.7. The quantitative estimate of drug-likeness (QED) is 0.813. The highest BCUT2D eigenvalue weighted by Gasteiger charge is 2.12. The van der Waals surface area contributed by atoms with Gasteiger partial charge in [-0.3, -0.25) is 0 Å². The van der Waals surface area contributed by atoms with E-state index in [1.807, 2.05) is 13.8 Å². The second-order valence-electron chi connectivity index (χ2n) is 3.85. The SMILES string of the molecule is CCNC(COCC)Cc1cc(Cl)ccc1F. The first kappa shape index (κ1) is 14.4. The molecule has 1 rings (SSSR count). The molecule has 0 aliphatic rings. The average molecular weight is 260 g/mol. The molecule has 2 nitrogen and oxygen atoms in total. The minimum Gasteiger partial charge on any atom is -0.380 e. The van der Waals surface area contributed by atoms with Gasteiger partial charge in [0.2, 0.25) is 0 Å². The molecule has 0 saturated heterocycles. The van der Waals surface area contributed by atoms with Crippen molar-refractivity contribution in [3.05, 3.63) is 34.6 Å². The van der Waals surface area contributed by atoms with Gasteiger partial charge in [0, 0.05) is 17.7 Å². The van der Waals surface area contributed by atoms with Crippen LogP contribution in [0.15, 0.2) is 18.2 Å². The number of benzene rings is 1. The highest BCUT2D eigenvalue weighted by atomic mass is 35.5. The van der Waals surface area contributed by atoms with Gasteiger partial charge in [-0.1, -0.05) is 18.5 Å². The molecule has 4 heteroatoms. The normalized spacial score (nSPS) is 12.7. The first-order valence-corrected chi connectivity index (χ1v) is 6.30. The minimum atomic E-state index is -0.214. The van der Waals surface area contributed by atoms with Gasteiger partial charge in [0.05, 0.1) is 6.61 Å². The van der Waals surface area contributed by atoms with Gasteiger partial charge in [-0.2, -0.15) is 0 Å². The van der Waals surface area contributed by atoms with Crippen LogP contribution >= 0.6 is 11.6 Å². The van der Waals surface area contributed by atoms with Crippen LogP contribution in [0.4, 0.5) is 4.39 Å². The monoisotopic (exact) mass is 259 g/mol. The Balaban J connectivity index is 2.67. The first-order valence-electron chi connectivity index (χ1n) is 5.92. The van der Waals surface area contributed by atoms with Crippen LogP contribution in [-0.2, 0) is 11.2 Å². The van der Waals surface area contributed by atoms with E-state index in [9.17, 15) is 4.39 Å². The van der Waals surface area contributed by atoms with E-state index in [4.69, 9.17) is 16.3 Å². The van der Waals surface area contributed by atoms with Gasteiger partial charge < -0.3 is 10.1 Å². The summed E-state index contributed by atoms with van der Waals surface area (Å²) in [6, 6.07) is 4.76. The predicted octanol–water partition coefficient (Wildman–Crippen LogP) is 3.04.